The molecule has 0 aromatic heterocycles. The highest BCUT2D eigenvalue weighted by atomic mass is 19.1. The Morgan fingerprint density at radius 2 is 1.81 bits per heavy atom. The summed E-state index contributed by atoms with van der Waals surface area (Å²) in [5.41, 5.74) is 11.0. The van der Waals surface area contributed by atoms with Crippen molar-refractivity contribution in [3.63, 3.8) is 0 Å². The Balaban J connectivity index is 1.69. The van der Waals surface area contributed by atoms with E-state index in [0.29, 0.717) is 18.0 Å². The van der Waals surface area contributed by atoms with Crippen LogP contribution in [-0.4, -0.2) is 24.5 Å². The number of benzene rings is 2. The van der Waals surface area contributed by atoms with Crippen molar-refractivity contribution >= 4 is 5.91 Å². The van der Waals surface area contributed by atoms with Gasteiger partial charge in [-0.2, -0.15) is 0 Å². The topological polar surface area (TPSA) is 67.2 Å². The minimum absolute atomic E-state index is 0.210. The molecule has 6 heteroatoms. The second-order valence-electron chi connectivity index (χ2n) is 9.44. The molecule has 2 aromatic carbocycles. The second kappa shape index (κ2) is 11.0. The van der Waals surface area contributed by atoms with Crippen LogP contribution in [0.2, 0.25) is 0 Å². The fraction of sp³-hybridized carbons (Fsp3) is 0.500. The average Bonchev–Trinajstić information content (AvgIpc) is 2.70. The Morgan fingerprint density at radius 3 is 2.47 bits per heavy atom. The number of aryl methyl sites for hydroxylation is 1. The summed E-state index contributed by atoms with van der Waals surface area (Å²) in [6.45, 7) is 6.36. The Labute approximate surface area is 190 Å². The summed E-state index contributed by atoms with van der Waals surface area (Å²) in [6, 6.07) is 9.58. The van der Waals surface area contributed by atoms with Gasteiger partial charge in [0, 0.05) is 37.7 Å². The maximum Gasteiger partial charge on any atom is 0.217 e. The van der Waals surface area contributed by atoms with Gasteiger partial charge in [0.1, 0.15) is 11.6 Å². The summed E-state index contributed by atoms with van der Waals surface area (Å²) in [5.74, 6) is -0.889. The van der Waals surface area contributed by atoms with Crippen LogP contribution in [0.15, 0.2) is 36.4 Å². The van der Waals surface area contributed by atoms with E-state index in [-0.39, 0.29) is 18.4 Å². The lowest BCUT2D eigenvalue weighted by molar-refractivity contribution is -0.119. The van der Waals surface area contributed by atoms with Gasteiger partial charge in [-0.05, 0) is 72.4 Å². The SMILES string of the molecule is CC(=O)N[C@@H](Cc1cc(F)cc(F)c1)[C@H](N)CN[C@H]1CCCc2ccc(CC(C)C)cc21. The molecule has 0 bridgehead atoms. The third-order valence-corrected chi connectivity index (χ3v) is 6.05. The summed E-state index contributed by atoms with van der Waals surface area (Å²) >= 11 is 0. The molecule has 4 nitrogen and oxygen atoms in total. The normalized spacial score (nSPS) is 17.7. The molecule has 0 radical (unpaired) electrons. The molecule has 32 heavy (non-hydrogen) atoms. The number of fused-ring (bicyclic) bond motifs is 1. The number of hydrogen-bond donors (Lipinski definition) is 3. The largest absolute Gasteiger partial charge is 0.352 e. The first-order valence-corrected chi connectivity index (χ1v) is 11.5. The zero-order chi connectivity index (χ0) is 23.3. The Kier molecular flexibility index (Phi) is 8.38. The highest BCUT2D eigenvalue weighted by Crippen LogP contribution is 2.31. The molecule has 1 aliphatic rings. The van der Waals surface area contributed by atoms with Crippen molar-refractivity contribution in [1.82, 2.24) is 10.6 Å². The summed E-state index contributed by atoms with van der Waals surface area (Å²) in [5, 5.41) is 6.45. The molecule has 0 heterocycles. The first-order chi connectivity index (χ1) is 15.2. The summed E-state index contributed by atoms with van der Waals surface area (Å²) in [4.78, 5) is 11.7. The van der Waals surface area contributed by atoms with Gasteiger partial charge in [-0.15, -0.1) is 0 Å². The van der Waals surface area contributed by atoms with Crippen LogP contribution >= 0.6 is 0 Å². The van der Waals surface area contributed by atoms with Crippen LogP contribution in [0, 0.1) is 17.6 Å². The van der Waals surface area contributed by atoms with Crippen molar-refractivity contribution in [2.75, 3.05) is 6.54 Å². The Bertz CT molecular complexity index is 911. The van der Waals surface area contributed by atoms with Crippen LogP contribution in [-0.2, 0) is 24.1 Å². The number of carbonyl (C=O) groups excluding carboxylic acids is 1. The van der Waals surface area contributed by atoms with Gasteiger partial charge in [0.15, 0.2) is 0 Å². The zero-order valence-corrected chi connectivity index (χ0v) is 19.3. The quantitative estimate of drug-likeness (QED) is 0.544. The van der Waals surface area contributed by atoms with Crippen LogP contribution in [0.5, 0.6) is 0 Å². The van der Waals surface area contributed by atoms with E-state index in [0.717, 1.165) is 31.7 Å². The number of hydrogen-bond acceptors (Lipinski definition) is 3. The Hall–Kier alpha value is -2.31. The second-order valence-corrected chi connectivity index (χ2v) is 9.44. The molecule has 0 aliphatic heterocycles. The maximum atomic E-state index is 13.6. The molecule has 1 aliphatic carbocycles. The molecule has 174 valence electrons. The van der Waals surface area contributed by atoms with Gasteiger partial charge in [-0.3, -0.25) is 4.79 Å². The summed E-state index contributed by atoms with van der Waals surface area (Å²) < 4.78 is 27.2. The van der Waals surface area contributed by atoms with E-state index in [1.54, 1.807) is 0 Å². The molecule has 0 saturated heterocycles. The molecule has 0 fully saturated rings. The number of halogens is 2. The molecule has 0 unspecified atom stereocenters. The monoisotopic (exact) mass is 443 g/mol. The molecular weight excluding hydrogens is 408 g/mol. The minimum Gasteiger partial charge on any atom is -0.352 e. The summed E-state index contributed by atoms with van der Waals surface area (Å²) in [6.07, 6.45) is 4.54. The molecule has 3 atom stereocenters. The van der Waals surface area contributed by atoms with Crippen LogP contribution in [0.4, 0.5) is 8.78 Å². The lowest BCUT2D eigenvalue weighted by Crippen LogP contribution is -2.53. The van der Waals surface area contributed by atoms with Crippen molar-refractivity contribution in [3.05, 3.63) is 70.3 Å². The fourth-order valence-electron chi connectivity index (χ4n) is 4.63. The first kappa shape index (κ1) is 24.3. The van der Waals surface area contributed by atoms with Crippen LogP contribution in [0.25, 0.3) is 0 Å². The van der Waals surface area contributed by atoms with Crippen LogP contribution < -0.4 is 16.4 Å². The van der Waals surface area contributed by atoms with E-state index in [9.17, 15) is 13.6 Å². The molecule has 1 amide bonds. The van der Waals surface area contributed by atoms with E-state index in [2.05, 4.69) is 42.7 Å². The van der Waals surface area contributed by atoms with Crippen molar-refractivity contribution in [1.29, 1.82) is 0 Å². The number of amides is 1. The molecule has 3 rings (SSSR count). The van der Waals surface area contributed by atoms with Crippen LogP contribution in [0.1, 0.15) is 61.9 Å². The van der Waals surface area contributed by atoms with Crippen molar-refractivity contribution < 1.29 is 13.6 Å². The van der Waals surface area contributed by atoms with Gasteiger partial charge in [0.05, 0.1) is 0 Å². The van der Waals surface area contributed by atoms with Crippen LogP contribution in [0.3, 0.4) is 0 Å². The van der Waals surface area contributed by atoms with E-state index < -0.39 is 23.7 Å². The van der Waals surface area contributed by atoms with Gasteiger partial charge in [0.25, 0.3) is 0 Å². The fourth-order valence-corrected chi connectivity index (χ4v) is 4.63. The predicted octanol–water partition coefficient (Wildman–Crippen LogP) is 4.21. The number of rotatable bonds is 9. The third kappa shape index (κ3) is 6.84. The molecule has 4 N–H and O–H groups in total. The van der Waals surface area contributed by atoms with Gasteiger partial charge in [-0.1, -0.05) is 32.0 Å². The molecule has 2 aromatic rings. The number of nitrogens with one attached hydrogen (secondary N) is 2. The van der Waals surface area contributed by atoms with E-state index >= 15 is 0 Å². The first-order valence-electron chi connectivity index (χ1n) is 11.5. The minimum atomic E-state index is -0.635. The molecule has 0 saturated carbocycles. The molecular formula is C26H35F2N3O. The zero-order valence-electron chi connectivity index (χ0n) is 19.3. The van der Waals surface area contributed by atoms with Crippen molar-refractivity contribution in [3.8, 4) is 0 Å². The highest BCUT2D eigenvalue weighted by molar-refractivity contribution is 5.73. The third-order valence-electron chi connectivity index (χ3n) is 6.05. The van der Waals surface area contributed by atoms with Crippen molar-refractivity contribution in [2.24, 2.45) is 11.7 Å². The van der Waals surface area contributed by atoms with Gasteiger partial charge < -0.3 is 16.4 Å². The predicted molar refractivity (Wildman–Crippen MR) is 124 cm³/mol. The average molecular weight is 444 g/mol. The van der Waals surface area contributed by atoms with Crippen molar-refractivity contribution in [2.45, 2.75) is 71.0 Å². The molecule has 0 spiro atoms. The van der Waals surface area contributed by atoms with E-state index in [1.165, 1.54) is 35.7 Å². The van der Waals surface area contributed by atoms with Gasteiger partial charge in [0.2, 0.25) is 5.91 Å². The smallest absolute Gasteiger partial charge is 0.217 e. The number of carbonyl (C=O) groups is 1. The maximum absolute atomic E-state index is 13.6. The van der Waals surface area contributed by atoms with Gasteiger partial charge >= 0.3 is 0 Å². The van der Waals surface area contributed by atoms with E-state index in [1.807, 2.05) is 0 Å². The lowest BCUT2D eigenvalue weighted by Gasteiger charge is -2.31. The Morgan fingerprint density at radius 1 is 1.09 bits per heavy atom. The van der Waals surface area contributed by atoms with E-state index in [4.69, 9.17) is 5.73 Å². The summed E-state index contributed by atoms with van der Waals surface area (Å²) in [7, 11) is 0. The highest BCUT2D eigenvalue weighted by Gasteiger charge is 2.24. The lowest BCUT2D eigenvalue weighted by atomic mass is 9.85. The van der Waals surface area contributed by atoms with Gasteiger partial charge in [-0.25, -0.2) is 8.78 Å². The standard InChI is InChI=1S/C26H35F2N3O/c1-16(2)9-18-7-8-20-5-4-6-25(23(20)12-18)30-15-24(29)26(31-17(3)32)13-19-10-21(27)14-22(28)11-19/h7-8,10-12,14,16,24-26,30H,4-6,9,13,15,29H2,1-3H3,(H,31,32)/t24-,25+,26+/m1/s1. The number of nitrogens with two attached hydrogens (primary N) is 1.